The van der Waals surface area contributed by atoms with Crippen LogP contribution in [0.2, 0.25) is 0 Å². The standard InChI is InChI=1S/C19H25N7O/c1-23(18(27)15-11-21-24(2)13-15)12-14-6-9-26(10-7-14)19-22-16-5-4-8-20-17(16)25(19)3/h4-5,8,11,13-14H,6-7,9-10,12H2,1-3H3. The first kappa shape index (κ1) is 17.5. The first-order valence-corrected chi connectivity index (χ1v) is 9.29. The number of hydrogen-bond donors (Lipinski definition) is 0. The molecule has 0 N–H and O–H groups in total. The molecule has 3 aromatic rings. The highest BCUT2D eigenvalue weighted by Gasteiger charge is 2.25. The van der Waals surface area contributed by atoms with Crippen molar-refractivity contribution in [2.75, 3.05) is 31.6 Å². The Morgan fingerprint density at radius 3 is 2.74 bits per heavy atom. The number of imidazole rings is 1. The summed E-state index contributed by atoms with van der Waals surface area (Å²) in [5, 5.41) is 4.08. The van der Waals surface area contributed by atoms with Gasteiger partial charge in [0.05, 0.1) is 11.8 Å². The maximum atomic E-state index is 12.5. The molecular weight excluding hydrogens is 342 g/mol. The van der Waals surface area contributed by atoms with Gasteiger partial charge in [-0.15, -0.1) is 0 Å². The third-order valence-electron chi connectivity index (χ3n) is 5.33. The highest BCUT2D eigenvalue weighted by molar-refractivity contribution is 5.93. The van der Waals surface area contributed by atoms with Gasteiger partial charge in [-0.2, -0.15) is 5.10 Å². The Balaban J connectivity index is 1.37. The van der Waals surface area contributed by atoms with Crippen LogP contribution in [0.3, 0.4) is 0 Å². The third-order valence-corrected chi connectivity index (χ3v) is 5.33. The van der Waals surface area contributed by atoms with Crippen LogP contribution in [0, 0.1) is 5.92 Å². The minimum Gasteiger partial charge on any atom is -0.342 e. The summed E-state index contributed by atoms with van der Waals surface area (Å²) in [6, 6.07) is 3.91. The van der Waals surface area contributed by atoms with Gasteiger partial charge in [0.25, 0.3) is 5.91 Å². The van der Waals surface area contributed by atoms with Gasteiger partial charge < -0.3 is 9.80 Å². The number of carbonyl (C=O) groups excluding carboxylic acids is 1. The molecule has 0 bridgehead atoms. The fourth-order valence-corrected chi connectivity index (χ4v) is 3.83. The van der Waals surface area contributed by atoms with Gasteiger partial charge in [0.15, 0.2) is 5.65 Å². The van der Waals surface area contributed by atoms with Crippen LogP contribution in [0.1, 0.15) is 23.2 Å². The second-order valence-corrected chi connectivity index (χ2v) is 7.34. The Morgan fingerprint density at radius 2 is 2.07 bits per heavy atom. The molecule has 1 amide bonds. The minimum atomic E-state index is 0.0342. The quantitative estimate of drug-likeness (QED) is 0.702. The number of nitrogens with zero attached hydrogens (tertiary/aromatic N) is 7. The molecule has 8 heteroatoms. The summed E-state index contributed by atoms with van der Waals surface area (Å²) < 4.78 is 3.72. The van der Waals surface area contributed by atoms with E-state index in [0.29, 0.717) is 11.5 Å². The normalized spacial score (nSPS) is 15.4. The zero-order chi connectivity index (χ0) is 19.0. The number of piperidine rings is 1. The van der Waals surface area contributed by atoms with Crippen LogP contribution in [-0.4, -0.2) is 61.8 Å². The molecule has 1 aliphatic heterocycles. The summed E-state index contributed by atoms with van der Waals surface area (Å²) >= 11 is 0. The molecule has 0 radical (unpaired) electrons. The number of aromatic nitrogens is 5. The fraction of sp³-hybridized carbons (Fsp3) is 0.474. The molecule has 0 atom stereocenters. The van der Waals surface area contributed by atoms with Crippen LogP contribution in [0.15, 0.2) is 30.7 Å². The van der Waals surface area contributed by atoms with Crippen LogP contribution in [-0.2, 0) is 14.1 Å². The molecule has 8 nitrogen and oxygen atoms in total. The van der Waals surface area contributed by atoms with Gasteiger partial charge in [0, 0.05) is 53.2 Å². The van der Waals surface area contributed by atoms with Gasteiger partial charge in [0.2, 0.25) is 5.95 Å². The number of pyridine rings is 1. The first-order chi connectivity index (χ1) is 13.0. The average molecular weight is 367 g/mol. The molecule has 0 aromatic carbocycles. The van der Waals surface area contributed by atoms with Gasteiger partial charge in [0.1, 0.15) is 5.52 Å². The van der Waals surface area contributed by atoms with Crippen molar-refractivity contribution < 1.29 is 4.79 Å². The van der Waals surface area contributed by atoms with E-state index >= 15 is 0 Å². The Bertz CT molecular complexity index is 952. The predicted octanol–water partition coefficient (Wildman–Crippen LogP) is 1.69. The summed E-state index contributed by atoms with van der Waals surface area (Å²) in [7, 11) is 5.71. The second kappa shape index (κ2) is 7.02. The molecule has 3 aromatic heterocycles. The van der Waals surface area contributed by atoms with Crippen LogP contribution in [0.4, 0.5) is 5.95 Å². The smallest absolute Gasteiger partial charge is 0.256 e. The maximum Gasteiger partial charge on any atom is 0.256 e. The molecule has 4 rings (SSSR count). The van der Waals surface area contributed by atoms with E-state index in [4.69, 9.17) is 4.98 Å². The van der Waals surface area contributed by atoms with Crippen LogP contribution in [0.25, 0.3) is 11.2 Å². The molecule has 27 heavy (non-hydrogen) atoms. The van der Waals surface area contributed by atoms with Crippen molar-refractivity contribution in [2.24, 2.45) is 20.0 Å². The number of aryl methyl sites for hydroxylation is 2. The molecule has 0 aliphatic carbocycles. The Labute approximate surface area is 158 Å². The highest BCUT2D eigenvalue weighted by Crippen LogP contribution is 2.25. The molecule has 1 aliphatic rings. The molecule has 1 saturated heterocycles. The zero-order valence-electron chi connectivity index (χ0n) is 16.0. The number of fused-ring (bicyclic) bond motifs is 1. The summed E-state index contributed by atoms with van der Waals surface area (Å²) in [5.41, 5.74) is 2.49. The Kier molecular flexibility index (Phi) is 4.55. The largest absolute Gasteiger partial charge is 0.342 e. The number of amides is 1. The van der Waals surface area contributed by atoms with Crippen LogP contribution < -0.4 is 4.90 Å². The van der Waals surface area contributed by atoms with Crippen LogP contribution >= 0.6 is 0 Å². The Hall–Kier alpha value is -2.90. The lowest BCUT2D eigenvalue weighted by atomic mass is 9.96. The zero-order valence-corrected chi connectivity index (χ0v) is 16.0. The lowest BCUT2D eigenvalue weighted by Gasteiger charge is -2.34. The number of rotatable bonds is 4. The van der Waals surface area contributed by atoms with E-state index in [9.17, 15) is 4.79 Å². The summed E-state index contributed by atoms with van der Waals surface area (Å²) in [4.78, 5) is 25.8. The molecule has 4 heterocycles. The van der Waals surface area contributed by atoms with Gasteiger partial charge in [-0.3, -0.25) is 14.0 Å². The van der Waals surface area contributed by atoms with Crippen molar-refractivity contribution in [3.8, 4) is 0 Å². The molecule has 0 unspecified atom stereocenters. The van der Waals surface area contributed by atoms with Gasteiger partial charge in [-0.1, -0.05) is 0 Å². The summed E-state index contributed by atoms with van der Waals surface area (Å²) in [6.45, 7) is 2.65. The number of anilines is 1. The van der Waals surface area contributed by atoms with E-state index in [1.807, 2.05) is 38.2 Å². The monoisotopic (exact) mass is 367 g/mol. The molecule has 0 saturated carbocycles. The van der Waals surface area contributed by atoms with Gasteiger partial charge >= 0.3 is 0 Å². The van der Waals surface area contributed by atoms with E-state index in [1.165, 1.54) is 0 Å². The van der Waals surface area contributed by atoms with Crippen molar-refractivity contribution in [3.63, 3.8) is 0 Å². The molecular formula is C19H25N7O. The van der Waals surface area contributed by atoms with Crippen molar-refractivity contribution in [1.29, 1.82) is 0 Å². The van der Waals surface area contributed by atoms with Crippen molar-refractivity contribution >= 4 is 23.0 Å². The van der Waals surface area contributed by atoms with E-state index in [0.717, 1.165) is 49.6 Å². The van der Waals surface area contributed by atoms with Crippen molar-refractivity contribution in [3.05, 3.63) is 36.3 Å². The maximum absolute atomic E-state index is 12.5. The predicted molar refractivity (Wildman–Crippen MR) is 104 cm³/mol. The number of carbonyl (C=O) groups is 1. The first-order valence-electron chi connectivity index (χ1n) is 9.29. The van der Waals surface area contributed by atoms with Gasteiger partial charge in [-0.05, 0) is 30.9 Å². The lowest BCUT2D eigenvalue weighted by Crippen LogP contribution is -2.40. The topological polar surface area (TPSA) is 72.1 Å². The lowest BCUT2D eigenvalue weighted by molar-refractivity contribution is 0.0764. The minimum absolute atomic E-state index is 0.0342. The van der Waals surface area contributed by atoms with E-state index in [1.54, 1.807) is 23.3 Å². The molecule has 142 valence electrons. The second-order valence-electron chi connectivity index (χ2n) is 7.34. The average Bonchev–Trinajstić information content (AvgIpc) is 3.26. The Morgan fingerprint density at radius 1 is 1.30 bits per heavy atom. The van der Waals surface area contributed by atoms with Crippen molar-refractivity contribution in [2.45, 2.75) is 12.8 Å². The highest BCUT2D eigenvalue weighted by atomic mass is 16.2. The number of hydrogen-bond acceptors (Lipinski definition) is 5. The van der Waals surface area contributed by atoms with Crippen molar-refractivity contribution in [1.82, 2.24) is 29.2 Å². The molecule has 0 spiro atoms. The SMILES string of the molecule is CN(CC1CCN(c2nc3cccnc3n2C)CC1)C(=O)c1cnn(C)c1. The summed E-state index contributed by atoms with van der Waals surface area (Å²) in [5.74, 6) is 1.51. The fourth-order valence-electron chi connectivity index (χ4n) is 3.83. The van der Waals surface area contributed by atoms with E-state index in [2.05, 4.69) is 19.5 Å². The van der Waals surface area contributed by atoms with E-state index < -0.39 is 0 Å². The van der Waals surface area contributed by atoms with E-state index in [-0.39, 0.29) is 5.91 Å². The summed E-state index contributed by atoms with van der Waals surface area (Å²) in [6.07, 6.45) is 7.28. The van der Waals surface area contributed by atoms with Crippen LogP contribution in [0.5, 0.6) is 0 Å². The third kappa shape index (κ3) is 3.39. The molecule has 1 fully saturated rings. The van der Waals surface area contributed by atoms with Gasteiger partial charge in [-0.25, -0.2) is 9.97 Å².